The third-order valence-electron chi connectivity index (χ3n) is 2.73. The second-order valence-electron chi connectivity index (χ2n) is 4.07. The number of hydrogen-bond acceptors (Lipinski definition) is 3. The average molecular weight is 234 g/mol. The van der Waals surface area contributed by atoms with Gasteiger partial charge >= 0.3 is 0 Å². The summed E-state index contributed by atoms with van der Waals surface area (Å²) >= 11 is 0. The Bertz CT molecular complexity index is 478. The number of aromatic nitrogens is 3. The molecule has 0 aliphatic heterocycles. The van der Waals surface area contributed by atoms with E-state index in [0.29, 0.717) is 6.54 Å². The van der Waals surface area contributed by atoms with Crippen LogP contribution in [0.4, 0.5) is 4.39 Å². The van der Waals surface area contributed by atoms with Gasteiger partial charge in [0.1, 0.15) is 5.82 Å². The van der Waals surface area contributed by atoms with Crippen LogP contribution in [0.15, 0.2) is 30.5 Å². The molecule has 0 fully saturated rings. The van der Waals surface area contributed by atoms with Crippen LogP contribution in [-0.4, -0.2) is 21.5 Å². The second-order valence-corrected chi connectivity index (χ2v) is 4.07. The molecule has 5 heteroatoms. The quantitative estimate of drug-likeness (QED) is 0.866. The molecule has 1 heterocycles. The van der Waals surface area contributed by atoms with Gasteiger partial charge in [-0.3, -0.25) is 4.68 Å². The zero-order valence-electron chi connectivity index (χ0n) is 9.68. The molecule has 2 rings (SSSR count). The van der Waals surface area contributed by atoms with Crippen LogP contribution in [0.3, 0.4) is 0 Å². The van der Waals surface area contributed by atoms with E-state index in [4.69, 9.17) is 5.73 Å². The van der Waals surface area contributed by atoms with Crippen LogP contribution in [-0.2, 0) is 13.5 Å². The Morgan fingerprint density at radius 1 is 1.35 bits per heavy atom. The summed E-state index contributed by atoms with van der Waals surface area (Å²) in [5, 5.41) is 7.91. The van der Waals surface area contributed by atoms with E-state index < -0.39 is 0 Å². The highest BCUT2D eigenvalue weighted by Gasteiger charge is 2.12. The van der Waals surface area contributed by atoms with Gasteiger partial charge in [-0.15, -0.1) is 5.10 Å². The van der Waals surface area contributed by atoms with Gasteiger partial charge in [0, 0.05) is 25.6 Å². The van der Waals surface area contributed by atoms with Gasteiger partial charge in [0.25, 0.3) is 0 Å². The van der Waals surface area contributed by atoms with Gasteiger partial charge in [-0.05, 0) is 24.2 Å². The lowest BCUT2D eigenvalue weighted by molar-refractivity contribution is 0.622. The topological polar surface area (TPSA) is 56.7 Å². The Morgan fingerprint density at radius 2 is 2.06 bits per heavy atom. The molecule has 0 radical (unpaired) electrons. The molecule has 2 aromatic rings. The van der Waals surface area contributed by atoms with Crippen LogP contribution in [0, 0.1) is 5.82 Å². The van der Waals surface area contributed by atoms with Crippen molar-refractivity contribution >= 4 is 0 Å². The minimum absolute atomic E-state index is 0.146. The first-order valence-corrected chi connectivity index (χ1v) is 5.50. The van der Waals surface area contributed by atoms with Crippen molar-refractivity contribution in [2.45, 2.75) is 12.3 Å². The maximum Gasteiger partial charge on any atom is 0.123 e. The SMILES string of the molecule is Cn1cc(CC(CN)c2ccc(F)cc2)nn1. The highest BCUT2D eigenvalue weighted by molar-refractivity contribution is 5.22. The van der Waals surface area contributed by atoms with E-state index in [1.165, 1.54) is 12.1 Å². The van der Waals surface area contributed by atoms with Crippen LogP contribution >= 0.6 is 0 Å². The minimum atomic E-state index is -0.232. The van der Waals surface area contributed by atoms with Crippen molar-refractivity contribution < 1.29 is 4.39 Å². The predicted octanol–water partition coefficient (Wildman–Crippen LogP) is 1.24. The maximum atomic E-state index is 12.8. The fourth-order valence-electron chi connectivity index (χ4n) is 1.81. The number of benzene rings is 1. The van der Waals surface area contributed by atoms with E-state index in [0.717, 1.165) is 17.7 Å². The molecule has 1 aromatic carbocycles. The Labute approximate surface area is 99.2 Å². The number of aryl methyl sites for hydroxylation is 1. The molecule has 0 aliphatic carbocycles. The van der Waals surface area contributed by atoms with E-state index in [1.807, 2.05) is 13.2 Å². The Balaban J connectivity index is 2.13. The van der Waals surface area contributed by atoms with Crippen molar-refractivity contribution in [3.63, 3.8) is 0 Å². The molecule has 0 saturated heterocycles. The third kappa shape index (κ3) is 2.88. The van der Waals surface area contributed by atoms with Gasteiger partial charge in [0.15, 0.2) is 0 Å². The first kappa shape index (κ1) is 11.7. The normalized spacial score (nSPS) is 12.6. The van der Waals surface area contributed by atoms with E-state index in [2.05, 4.69) is 10.3 Å². The summed E-state index contributed by atoms with van der Waals surface area (Å²) in [6, 6.07) is 6.44. The molecule has 1 unspecified atom stereocenters. The molecule has 0 amide bonds. The third-order valence-corrected chi connectivity index (χ3v) is 2.73. The van der Waals surface area contributed by atoms with Crippen molar-refractivity contribution in [2.24, 2.45) is 12.8 Å². The molecule has 2 N–H and O–H groups in total. The standard InChI is InChI=1S/C12H15FN4/c1-17-8-12(15-16-17)6-10(7-14)9-2-4-11(13)5-3-9/h2-5,8,10H,6-7,14H2,1H3. The second kappa shape index (κ2) is 5.05. The molecule has 0 spiro atoms. The molecular weight excluding hydrogens is 219 g/mol. The van der Waals surface area contributed by atoms with E-state index in [9.17, 15) is 4.39 Å². The van der Waals surface area contributed by atoms with Crippen LogP contribution in [0.5, 0.6) is 0 Å². The summed E-state index contributed by atoms with van der Waals surface area (Å²) in [5.74, 6) is -0.0867. The largest absolute Gasteiger partial charge is 0.330 e. The summed E-state index contributed by atoms with van der Waals surface area (Å²) in [6.07, 6.45) is 2.59. The smallest absolute Gasteiger partial charge is 0.123 e. The van der Waals surface area contributed by atoms with Crippen molar-refractivity contribution in [2.75, 3.05) is 6.54 Å². The highest BCUT2D eigenvalue weighted by Crippen LogP contribution is 2.19. The van der Waals surface area contributed by atoms with Crippen LogP contribution in [0.1, 0.15) is 17.2 Å². The lowest BCUT2D eigenvalue weighted by atomic mass is 9.94. The number of rotatable bonds is 4. The number of halogens is 1. The van der Waals surface area contributed by atoms with Crippen LogP contribution in [0.25, 0.3) is 0 Å². The summed E-state index contributed by atoms with van der Waals surface area (Å²) in [7, 11) is 1.83. The van der Waals surface area contributed by atoms with Crippen LogP contribution < -0.4 is 5.73 Å². The molecule has 1 atom stereocenters. The van der Waals surface area contributed by atoms with Gasteiger partial charge in [0.05, 0.1) is 5.69 Å². The first-order valence-electron chi connectivity index (χ1n) is 5.50. The van der Waals surface area contributed by atoms with Gasteiger partial charge in [0.2, 0.25) is 0 Å². The summed E-state index contributed by atoms with van der Waals surface area (Å²) in [5.41, 5.74) is 7.67. The average Bonchev–Trinajstić information content (AvgIpc) is 2.73. The fourth-order valence-corrected chi connectivity index (χ4v) is 1.81. The molecule has 90 valence electrons. The first-order chi connectivity index (χ1) is 8.19. The molecule has 4 nitrogen and oxygen atoms in total. The number of nitrogens with zero attached hydrogens (tertiary/aromatic N) is 3. The summed E-state index contributed by atoms with van der Waals surface area (Å²) in [6.45, 7) is 0.502. The van der Waals surface area contributed by atoms with E-state index in [-0.39, 0.29) is 11.7 Å². The molecule has 0 aliphatic rings. The monoisotopic (exact) mass is 234 g/mol. The Hall–Kier alpha value is -1.75. The summed E-state index contributed by atoms with van der Waals surface area (Å²) < 4.78 is 14.5. The lowest BCUT2D eigenvalue weighted by Crippen LogP contribution is -2.15. The van der Waals surface area contributed by atoms with E-state index in [1.54, 1.807) is 16.8 Å². The van der Waals surface area contributed by atoms with Gasteiger partial charge in [-0.25, -0.2) is 4.39 Å². The molecular formula is C12H15FN4. The number of hydrogen-bond donors (Lipinski definition) is 1. The Kier molecular flexibility index (Phi) is 3.49. The van der Waals surface area contributed by atoms with Crippen molar-refractivity contribution in [3.8, 4) is 0 Å². The highest BCUT2D eigenvalue weighted by atomic mass is 19.1. The zero-order valence-corrected chi connectivity index (χ0v) is 9.68. The van der Waals surface area contributed by atoms with Crippen molar-refractivity contribution in [1.29, 1.82) is 0 Å². The predicted molar refractivity (Wildman–Crippen MR) is 62.9 cm³/mol. The molecule has 0 saturated carbocycles. The molecule has 0 bridgehead atoms. The van der Waals surface area contributed by atoms with Gasteiger partial charge in [-0.1, -0.05) is 17.3 Å². The van der Waals surface area contributed by atoms with Crippen LogP contribution in [0.2, 0.25) is 0 Å². The van der Waals surface area contributed by atoms with E-state index >= 15 is 0 Å². The lowest BCUT2D eigenvalue weighted by Gasteiger charge is -2.13. The molecule has 17 heavy (non-hydrogen) atoms. The minimum Gasteiger partial charge on any atom is -0.330 e. The van der Waals surface area contributed by atoms with Crippen molar-refractivity contribution in [1.82, 2.24) is 15.0 Å². The molecule has 1 aromatic heterocycles. The van der Waals surface area contributed by atoms with Gasteiger partial charge < -0.3 is 5.73 Å². The maximum absolute atomic E-state index is 12.8. The Morgan fingerprint density at radius 3 is 2.59 bits per heavy atom. The number of nitrogens with two attached hydrogens (primary N) is 1. The van der Waals surface area contributed by atoms with Crippen molar-refractivity contribution in [3.05, 3.63) is 47.5 Å². The zero-order chi connectivity index (χ0) is 12.3. The van der Waals surface area contributed by atoms with Gasteiger partial charge in [-0.2, -0.15) is 0 Å². The summed E-state index contributed by atoms with van der Waals surface area (Å²) in [4.78, 5) is 0. The fraction of sp³-hybridized carbons (Fsp3) is 0.333.